The van der Waals surface area contributed by atoms with Crippen molar-refractivity contribution in [1.29, 1.82) is 5.26 Å². The van der Waals surface area contributed by atoms with Crippen LogP contribution in [0.5, 0.6) is 0 Å². The summed E-state index contributed by atoms with van der Waals surface area (Å²) in [6.07, 6.45) is 0.508. The van der Waals surface area contributed by atoms with E-state index in [9.17, 15) is 14.9 Å². The fraction of sp³-hybridized carbons (Fsp3) is 0.179. The van der Waals surface area contributed by atoms with Crippen LogP contribution < -0.4 is 10.2 Å². The molecule has 1 aliphatic rings. The van der Waals surface area contributed by atoms with E-state index in [1.165, 1.54) is 16.7 Å². The second-order valence-corrected chi connectivity index (χ2v) is 9.51. The van der Waals surface area contributed by atoms with Crippen LogP contribution in [0.1, 0.15) is 22.3 Å². The van der Waals surface area contributed by atoms with E-state index in [-0.39, 0.29) is 11.5 Å². The third kappa shape index (κ3) is 4.75. The second-order valence-electron chi connectivity index (χ2n) is 8.32. The van der Waals surface area contributed by atoms with E-state index in [1.54, 1.807) is 0 Å². The van der Waals surface area contributed by atoms with Crippen molar-refractivity contribution in [2.24, 2.45) is 0 Å². The molecule has 3 aromatic rings. The monoisotopic (exact) mass is 467 g/mol. The number of thioether (sulfide) groups is 1. The molecule has 0 aliphatic carbocycles. The molecule has 2 amide bonds. The third-order valence-electron chi connectivity index (χ3n) is 5.78. The highest BCUT2D eigenvalue weighted by atomic mass is 32.2. The minimum atomic E-state index is -0.521. The molecule has 1 saturated heterocycles. The molecule has 0 saturated carbocycles. The Morgan fingerprint density at radius 2 is 1.62 bits per heavy atom. The summed E-state index contributed by atoms with van der Waals surface area (Å²) in [4.78, 5) is 28.3. The number of hydrogen-bond acceptors (Lipinski definition) is 4. The van der Waals surface area contributed by atoms with Gasteiger partial charge in [-0.2, -0.15) is 5.26 Å². The number of para-hydroxylation sites is 2. The first-order chi connectivity index (χ1) is 16.4. The lowest BCUT2D eigenvalue weighted by Gasteiger charge is -2.19. The van der Waals surface area contributed by atoms with E-state index in [0.717, 1.165) is 22.3 Å². The van der Waals surface area contributed by atoms with Crippen molar-refractivity contribution in [3.05, 3.63) is 106 Å². The lowest BCUT2D eigenvalue weighted by atomic mass is 10.1. The maximum absolute atomic E-state index is 13.5. The van der Waals surface area contributed by atoms with Gasteiger partial charge < -0.3 is 5.32 Å². The molecular weight excluding hydrogens is 442 g/mol. The number of nitriles is 1. The Bertz CT molecular complexity index is 1290. The zero-order valence-electron chi connectivity index (χ0n) is 19.3. The highest BCUT2D eigenvalue weighted by Gasteiger charge is 2.40. The quantitative estimate of drug-likeness (QED) is 0.387. The summed E-state index contributed by atoms with van der Waals surface area (Å²) in [5.74, 6) is -0.661. The molecule has 4 rings (SSSR count). The summed E-state index contributed by atoms with van der Waals surface area (Å²) in [6, 6.07) is 25.0. The van der Waals surface area contributed by atoms with Gasteiger partial charge in [-0.1, -0.05) is 78.0 Å². The number of hydrogen-bond donors (Lipinski definition) is 1. The molecule has 34 heavy (non-hydrogen) atoms. The number of rotatable bonds is 5. The first-order valence-electron chi connectivity index (χ1n) is 11.0. The van der Waals surface area contributed by atoms with Gasteiger partial charge in [0.2, 0.25) is 5.91 Å². The first kappa shape index (κ1) is 23.3. The van der Waals surface area contributed by atoms with Gasteiger partial charge in [0.05, 0.1) is 5.25 Å². The Labute approximate surface area is 204 Å². The fourth-order valence-corrected chi connectivity index (χ4v) is 5.23. The number of aryl methyl sites for hydroxylation is 3. The summed E-state index contributed by atoms with van der Waals surface area (Å²) in [6.45, 7) is 5.83. The number of nitrogens with one attached hydrogen (secondary N) is 1. The maximum Gasteiger partial charge on any atom is 0.269 e. The van der Waals surface area contributed by atoms with Crippen LogP contribution in [-0.4, -0.2) is 17.1 Å². The molecule has 0 bridgehead atoms. The predicted molar refractivity (Wildman–Crippen MR) is 137 cm³/mol. The fourth-order valence-electron chi connectivity index (χ4n) is 3.92. The molecule has 3 aromatic carbocycles. The van der Waals surface area contributed by atoms with Crippen LogP contribution in [0.3, 0.4) is 0 Å². The lowest BCUT2D eigenvalue weighted by Crippen LogP contribution is -2.31. The van der Waals surface area contributed by atoms with Crippen LogP contribution >= 0.6 is 11.8 Å². The Morgan fingerprint density at radius 1 is 0.971 bits per heavy atom. The van der Waals surface area contributed by atoms with E-state index in [1.807, 2.05) is 93.6 Å². The van der Waals surface area contributed by atoms with E-state index >= 15 is 0 Å². The van der Waals surface area contributed by atoms with Crippen LogP contribution in [0.25, 0.3) is 0 Å². The summed E-state index contributed by atoms with van der Waals surface area (Å²) in [5.41, 5.74) is 5.23. The van der Waals surface area contributed by atoms with Crippen molar-refractivity contribution in [3.8, 4) is 6.07 Å². The molecule has 1 N–H and O–H groups in total. The summed E-state index contributed by atoms with van der Waals surface area (Å²) in [5, 5.41) is 12.8. The molecule has 170 valence electrons. The molecule has 1 heterocycles. The molecule has 0 spiro atoms. The van der Waals surface area contributed by atoms with Crippen LogP contribution in [0.4, 0.5) is 11.4 Å². The SMILES string of the molecule is Cc1ccc(C[C@@H]2S/C(=C(/C#N)C(=O)Nc3c(C)cccc3C)N(c3ccccc3)C2=O)cc1. The molecule has 0 aromatic heterocycles. The van der Waals surface area contributed by atoms with Crippen molar-refractivity contribution in [2.75, 3.05) is 10.2 Å². The van der Waals surface area contributed by atoms with Crippen molar-refractivity contribution < 1.29 is 9.59 Å². The first-order valence-corrected chi connectivity index (χ1v) is 11.9. The second kappa shape index (κ2) is 9.98. The normalized spacial score (nSPS) is 16.8. The average Bonchev–Trinajstić information content (AvgIpc) is 3.14. The highest BCUT2D eigenvalue weighted by molar-refractivity contribution is 8.05. The summed E-state index contributed by atoms with van der Waals surface area (Å²) in [7, 11) is 0. The highest BCUT2D eigenvalue weighted by Crippen LogP contribution is 2.42. The summed E-state index contributed by atoms with van der Waals surface area (Å²) >= 11 is 1.27. The van der Waals surface area contributed by atoms with Gasteiger partial charge in [0.25, 0.3) is 5.91 Å². The molecule has 1 atom stereocenters. The van der Waals surface area contributed by atoms with Gasteiger partial charge in [-0.25, -0.2) is 0 Å². The molecule has 1 aliphatic heterocycles. The van der Waals surface area contributed by atoms with Gasteiger partial charge in [-0.3, -0.25) is 14.5 Å². The number of carbonyl (C=O) groups is 2. The Balaban J connectivity index is 1.73. The van der Waals surface area contributed by atoms with Gasteiger partial charge >= 0.3 is 0 Å². The number of benzene rings is 3. The number of carbonyl (C=O) groups excluding carboxylic acids is 2. The summed E-state index contributed by atoms with van der Waals surface area (Å²) < 4.78 is 0. The minimum absolute atomic E-state index is 0.0729. The van der Waals surface area contributed by atoms with E-state index < -0.39 is 11.2 Å². The van der Waals surface area contributed by atoms with Gasteiger partial charge in [-0.05, 0) is 56.0 Å². The molecule has 0 unspecified atom stereocenters. The third-order valence-corrected chi connectivity index (χ3v) is 7.04. The van der Waals surface area contributed by atoms with Crippen molar-refractivity contribution >= 4 is 35.0 Å². The van der Waals surface area contributed by atoms with Crippen molar-refractivity contribution in [1.82, 2.24) is 0 Å². The smallest absolute Gasteiger partial charge is 0.269 e. The topological polar surface area (TPSA) is 73.2 Å². The zero-order valence-corrected chi connectivity index (χ0v) is 20.1. The minimum Gasteiger partial charge on any atom is -0.321 e. The molecule has 1 fully saturated rings. The largest absolute Gasteiger partial charge is 0.321 e. The van der Waals surface area contributed by atoms with Crippen LogP contribution in [0, 0.1) is 32.1 Å². The van der Waals surface area contributed by atoms with E-state index in [0.29, 0.717) is 22.8 Å². The van der Waals surface area contributed by atoms with E-state index in [2.05, 4.69) is 11.4 Å². The predicted octanol–water partition coefficient (Wildman–Crippen LogP) is 5.68. The van der Waals surface area contributed by atoms with Gasteiger partial charge in [-0.15, -0.1) is 0 Å². The average molecular weight is 468 g/mol. The Kier molecular flexibility index (Phi) is 6.85. The van der Waals surface area contributed by atoms with Gasteiger partial charge in [0, 0.05) is 11.4 Å². The standard InChI is InChI=1S/C28H25N3O2S/c1-18-12-14-21(15-13-18)16-24-27(33)31(22-10-5-4-6-11-22)28(34-24)23(17-29)26(32)30-25-19(2)8-7-9-20(25)3/h4-15,24H,16H2,1-3H3,(H,30,32)/b28-23-/t24-/m0/s1. The Hall–Kier alpha value is -3.82. The van der Waals surface area contributed by atoms with Crippen LogP contribution in [-0.2, 0) is 16.0 Å². The van der Waals surface area contributed by atoms with Crippen molar-refractivity contribution in [2.45, 2.75) is 32.4 Å². The number of amides is 2. The van der Waals surface area contributed by atoms with Crippen LogP contribution in [0.15, 0.2) is 83.4 Å². The molecule has 6 heteroatoms. The molecule has 5 nitrogen and oxygen atoms in total. The molecule has 0 radical (unpaired) electrons. The Morgan fingerprint density at radius 3 is 2.24 bits per heavy atom. The zero-order chi connectivity index (χ0) is 24.2. The van der Waals surface area contributed by atoms with Gasteiger partial charge in [0.15, 0.2) is 0 Å². The molecular formula is C28H25N3O2S. The number of anilines is 2. The van der Waals surface area contributed by atoms with E-state index in [4.69, 9.17) is 0 Å². The van der Waals surface area contributed by atoms with Gasteiger partial charge in [0.1, 0.15) is 16.7 Å². The maximum atomic E-state index is 13.5. The van der Waals surface area contributed by atoms with Crippen molar-refractivity contribution in [3.63, 3.8) is 0 Å². The number of nitrogens with zero attached hydrogens (tertiary/aromatic N) is 2. The lowest BCUT2D eigenvalue weighted by molar-refractivity contribution is -0.117. The van der Waals surface area contributed by atoms with Crippen LogP contribution in [0.2, 0.25) is 0 Å².